The van der Waals surface area contributed by atoms with E-state index in [2.05, 4.69) is 9.71 Å². The van der Waals surface area contributed by atoms with Crippen molar-refractivity contribution in [2.75, 3.05) is 11.3 Å². The Hall–Kier alpha value is -3.76. The van der Waals surface area contributed by atoms with E-state index in [9.17, 15) is 18.0 Å². The normalized spacial score (nSPS) is 12.1. The Kier molecular flexibility index (Phi) is 7.60. The summed E-state index contributed by atoms with van der Waals surface area (Å²) in [6, 6.07) is 16.6. The Bertz CT molecular complexity index is 1650. The fourth-order valence-corrected chi connectivity index (χ4v) is 5.99. The van der Waals surface area contributed by atoms with Crippen LogP contribution in [0, 0.1) is 20.8 Å². The molecule has 0 atom stereocenters. The SMILES string of the molecule is CCOC(=O)Cn1c(=NC(=O)c2ccc(NS(=O)(=O)c3ccc(C)cc3)cc2)sc2c(C)cc(C)cc21. The maximum Gasteiger partial charge on any atom is 0.326 e. The van der Waals surface area contributed by atoms with Gasteiger partial charge in [0.2, 0.25) is 0 Å². The molecule has 0 unspecified atom stereocenters. The molecule has 0 saturated heterocycles. The average molecular weight is 538 g/mol. The Balaban J connectivity index is 1.64. The smallest absolute Gasteiger partial charge is 0.326 e. The Morgan fingerprint density at radius 2 is 1.65 bits per heavy atom. The van der Waals surface area contributed by atoms with Gasteiger partial charge in [0.15, 0.2) is 4.80 Å². The first-order chi connectivity index (χ1) is 17.6. The van der Waals surface area contributed by atoms with Gasteiger partial charge in [0, 0.05) is 11.3 Å². The van der Waals surface area contributed by atoms with Crippen molar-refractivity contribution in [3.05, 3.63) is 87.7 Å². The summed E-state index contributed by atoms with van der Waals surface area (Å²) in [6.45, 7) is 7.75. The number of amides is 1. The molecule has 0 bridgehead atoms. The minimum atomic E-state index is -3.76. The fourth-order valence-electron chi connectivity index (χ4n) is 3.85. The van der Waals surface area contributed by atoms with Crippen LogP contribution in [-0.4, -0.2) is 31.5 Å². The van der Waals surface area contributed by atoms with E-state index in [1.54, 1.807) is 23.6 Å². The van der Waals surface area contributed by atoms with Gasteiger partial charge in [-0.3, -0.25) is 14.3 Å². The van der Waals surface area contributed by atoms with Crippen LogP contribution in [0.3, 0.4) is 0 Å². The van der Waals surface area contributed by atoms with Crippen molar-refractivity contribution in [2.24, 2.45) is 4.99 Å². The van der Waals surface area contributed by atoms with E-state index in [-0.39, 0.29) is 23.6 Å². The lowest BCUT2D eigenvalue weighted by Crippen LogP contribution is -2.23. The molecule has 4 rings (SSSR count). The number of carbonyl (C=O) groups is 2. The number of aromatic nitrogens is 1. The lowest BCUT2D eigenvalue weighted by atomic mass is 10.1. The van der Waals surface area contributed by atoms with E-state index in [0.717, 1.165) is 26.9 Å². The second-order valence-corrected chi connectivity index (χ2v) is 11.3. The van der Waals surface area contributed by atoms with Crippen molar-refractivity contribution in [2.45, 2.75) is 39.1 Å². The second-order valence-electron chi connectivity index (χ2n) is 8.62. The van der Waals surface area contributed by atoms with E-state index < -0.39 is 21.9 Å². The number of ether oxygens (including phenoxy) is 1. The summed E-state index contributed by atoms with van der Waals surface area (Å²) in [5.41, 5.74) is 4.42. The minimum absolute atomic E-state index is 0.0669. The van der Waals surface area contributed by atoms with Crippen molar-refractivity contribution in [3.63, 3.8) is 0 Å². The van der Waals surface area contributed by atoms with E-state index in [1.807, 2.05) is 32.9 Å². The number of anilines is 1. The summed E-state index contributed by atoms with van der Waals surface area (Å²) >= 11 is 1.33. The van der Waals surface area contributed by atoms with Crippen LogP contribution < -0.4 is 9.52 Å². The summed E-state index contributed by atoms with van der Waals surface area (Å²) in [6.07, 6.45) is 0. The highest BCUT2D eigenvalue weighted by molar-refractivity contribution is 7.92. The molecule has 192 valence electrons. The molecule has 37 heavy (non-hydrogen) atoms. The zero-order valence-electron chi connectivity index (χ0n) is 20.9. The number of aryl methyl sites for hydroxylation is 3. The number of carbonyl (C=O) groups excluding carboxylic acids is 2. The quantitative estimate of drug-likeness (QED) is 0.343. The Labute approximate surface area is 219 Å². The van der Waals surface area contributed by atoms with Crippen LogP contribution >= 0.6 is 11.3 Å². The third-order valence-electron chi connectivity index (χ3n) is 5.62. The van der Waals surface area contributed by atoms with Crippen LogP contribution in [0.1, 0.15) is 34.0 Å². The Morgan fingerprint density at radius 3 is 2.30 bits per heavy atom. The summed E-state index contributed by atoms with van der Waals surface area (Å²) < 4.78 is 35.6. The number of thiazole rings is 1. The molecule has 10 heteroatoms. The molecule has 4 aromatic rings. The van der Waals surface area contributed by atoms with Gasteiger partial charge in [-0.05, 0) is 81.3 Å². The molecular formula is C27H27N3O5S2. The number of benzene rings is 3. The van der Waals surface area contributed by atoms with Gasteiger partial charge < -0.3 is 9.30 Å². The second kappa shape index (κ2) is 10.7. The molecule has 3 aromatic carbocycles. The molecule has 0 aliphatic rings. The molecule has 0 spiro atoms. The average Bonchev–Trinajstić information content (AvgIpc) is 3.16. The predicted octanol–water partition coefficient (Wildman–Crippen LogP) is 4.73. The van der Waals surface area contributed by atoms with Crippen LogP contribution in [0.2, 0.25) is 0 Å². The van der Waals surface area contributed by atoms with Gasteiger partial charge in [-0.25, -0.2) is 8.42 Å². The summed E-state index contributed by atoms with van der Waals surface area (Å²) in [5, 5.41) is 0. The number of sulfonamides is 1. The molecule has 1 amide bonds. The third kappa shape index (κ3) is 5.98. The lowest BCUT2D eigenvalue weighted by molar-refractivity contribution is -0.143. The summed E-state index contributed by atoms with van der Waals surface area (Å²) in [7, 11) is -3.76. The first kappa shape index (κ1) is 26.3. The largest absolute Gasteiger partial charge is 0.465 e. The van der Waals surface area contributed by atoms with Crippen molar-refractivity contribution in [1.82, 2.24) is 4.57 Å². The molecular weight excluding hydrogens is 510 g/mol. The van der Waals surface area contributed by atoms with Crippen LogP contribution in [0.4, 0.5) is 5.69 Å². The van der Waals surface area contributed by atoms with E-state index in [0.29, 0.717) is 10.5 Å². The molecule has 1 aromatic heterocycles. The maximum absolute atomic E-state index is 13.0. The van der Waals surface area contributed by atoms with Gasteiger partial charge in [0.25, 0.3) is 15.9 Å². The van der Waals surface area contributed by atoms with Gasteiger partial charge in [-0.2, -0.15) is 4.99 Å². The number of fused-ring (bicyclic) bond motifs is 1. The zero-order valence-corrected chi connectivity index (χ0v) is 22.6. The maximum atomic E-state index is 13.0. The van der Waals surface area contributed by atoms with Gasteiger partial charge in [-0.15, -0.1) is 0 Å². The van der Waals surface area contributed by atoms with Gasteiger partial charge in [-0.1, -0.05) is 35.1 Å². The topological polar surface area (TPSA) is 107 Å². The standard InChI is InChI=1S/C27H27N3O5S2/c1-5-35-24(31)16-30-23-15-18(3)14-19(4)25(23)36-27(30)28-26(32)20-8-10-21(11-9-20)29-37(33,34)22-12-6-17(2)7-13-22/h6-15,29H,5,16H2,1-4H3. The fraction of sp³-hybridized carbons (Fsp3) is 0.222. The van der Waals surface area contributed by atoms with E-state index in [4.69, 9.17) is 4.74 Å². The van der Waals surface area contributed by atoms with Crippen LogP contribution in [0.15, 0.2) is 70.6 Å². The predicted molar refractivity (Wildman–Crippen MR) is 144 cm³/mol. The number of nitrogens with one attached hydrogen (secondary N) is 1. The monoisotopic (exact) mass is 537 g/mol. The van der Waals surface area contributed by atoms with Crippen molar-refractivity contribution in [1.29, 1.82) is 0 Å². The Morgan fingerprint density at radius 1 is 0.973 bits per heavy atom. The number of hydrogen-bond donors (Lipinski definition) is 1. The highest BCUT2D eigenvalue weighted by atomic mass is 32.2. The highest BCUT2D eigenvalue weighted by Crippen LogP contribution is 2.24. The molecule has 0 radical (unpaired) electrons. The number of hydrogen-bond acceptors (Lipinski definition) is 6. The summed E-state index contributed by atoms with van der Waals surface area (Å²) in [4.78, 5) is 30.1. The molecule has 8 nitrogen and oxygen atoms in total. The number of nitrogens with zero attached hydrogens (tertiary/aromatic N) is 2. The van der Waals surface area contributed by atoms with Crippen LogP contribution in [-0.2, 0) is 26.1 Å². The molecule has 1 heterocycles. The molecule has 0 aliphatic carbocycles. The molecule has 0 aliphatic heterocycles. The third-order valence-corrected chi connectivity index (χ3v) is 8.25. The minimum Gasteiger partial charge on any atom is -0.465 e. The van der Waals surface area contributed by atoms with E-state index >= 15 is 0 Å². The van der Waals surface area contributed by atoms with Crippen LogP contribution in [0.25, 0.3) is 10.2 Å². The van der Waals surface area contributed by atoms with E-state index in [1.165, 1.54) is 47.7 Å². The van der Waals surface area contributed by atoms with Crippen molar-refractivity contribution < 1.29 is 22.7 Å². The number of rotatable bonds is 7. The molecule has 1 N–H and O–H groups in total. The number of esters is 1. The zero-order chi connectivity index (χ0) is 26.7. The van der Waals surface area contributed by atoms with Gasteiger partial charge in [0.1, 0.15) is 6.54 Å². The highest BCUT2D eigenvalue weighted by Gasteiger charge is 2.16. The lowest BCUT2D eigenvalue weighted by Gasteiger charge is -2.08. The van der Waals surface area contributed by atoms with Gasteiger partial charge in [0.05, 0.1) is 21.7 Å². The van der Waals surface area contributed by atoms with Gasteiger partial charge >= 0.3 is 5.97 Å². The first-order valence-electron chi connectivity index (χ1n) is 11.6. The first-order valence-corrected chi connectivity index (χ1v) is 13.9. The molecule has 0 saturated carbocycles. The van der Waals surface area contributed by atoms with Crippen molar-refractivity contribution in [3.8, 4) is 0 Å². The molecule has 0 fully saturated rings. The van der Waals surface area contributed by atoms with Crippen molar-refractivity contribution >= 4 is 49.1 Å². The summed E-state index contributed by atoms with van der Waals surface area (Å²) in [5.74, 6) is -0.924. The van der Waals surface area contributed by atoms with Crippen LogP contribution in [0.5, 0.6) is 0 Å².